The Hall–Kier alpha value is -6.50. The summed E-state index contributed by atoms with van der Waals surface area (Å²) < 4.78 is 5.23. The Morgan fingerprint density at radius 1 is 0.659 bits per heavy atom. The molecule has 1 aromatic heterocycles. The molecule has 0 saturated carbocycles. The zero-order valence-corrected chi connectivity index (χ0v) is 23.1. The maximum absolute atomic E-state index is 11.3. The Balaban J connectivity index is 1.64. The molecule has 0 amide bonds. The van der Waals surface area contributed by atoms with Gasteiger partial charge in [-0.25, -0.2) is 14.4 Å². The van der Waals surface area contributed by atoms with E-state index >= 15 is 0 Å². The highest BCUT2D eigenvalue weighted by atomic mass is 16.5. The fraction of sp³-hybridized carbons (Fsp3) is 0.0323. The van der Waals surface area contributed by atoms with Gasteiger partial charge in [-0.1, -0.05) is 30.8 Å². The average molecular weight is 596 g/mol. The third-order valence-corrected chi connectivity index (χ3v) is 5.94. The van der Waals surface area contributed by atoms with Gasteiger partial charge in [-0.05, 0) is 71.8 Å². The van der Waals surface area contributed by atoms with Crippen molar-refractivity contribution in [2.45, 2.75) is 0 Å². The minimum Gasteiger partial charge on any atom is -0.508 e. The molecular formula is C31H25N5O8. The summed E-state index contributed by atoms with van der Waals surface area (Å²) in [6.07, 6.45) is 2.33. The summed E-state index contributed by atoms with van der Waals surface area (Å²) in [6.45, 7) is 3.27. The smallest absolute Gasteiger partial charge is 0.343 e. The topological polar surface area (TPSA) is 204 Å². The molecule has 0 aliphatic carbocycles. The molecule has 6 N–H and O–H groups in total. The molecule has 3 aromatic carbocycles. The first-order valence-electron chi connectivity index (χ1n) is 12.7. The van der Waals surface area contributed by atoms with Gasteiger partial charge in [0.2, 0.25) is 11.9 Å². The summed E-state index contributed by atoms with van der Waals surface area (Å²) in [7, 11) is 1.55. The SMILES string of the molecule is C=C(O)/C(=C/c1ccc(Nc2nc(Nc3ccc(C=C(C(=O)O)C(=O)O)cc3)nc(-c3ccc(OC)cc3)n2)cc1)C(=O)O. The lowest BCUT2D eigenvalue weighted by Crippen LogP contribution is -2.10. The van der Waals surface area contributed by atoms with E-state index in [1.165, 1.54) is 18.2 Å². The fourth-order valence-electron chi connectivity index (χ4n) is 3.76. The molecule has 13 heteroatoms. The number of nitrogens with zero attached hydrogens (tertiary/aromatic N) is 3. The van der Waals surface area contributed by atoms with E-state index in [9.17, 15) is 24.6 Å². The maximum Gasteiger partial charge on any atom is 0.343 e. The van der Waals surface area contributed by atoms with Crippen molar-refractivity contribution in [2.24, 2.45) is 0 Å². The van der Waals surface area contributed by atoms with Crippen molar-refractivity contribution >= 4 is 53.3 Å². The minimum absolute atomic E-state index is 0.167. The summed E-state index contributed by atoms with van der Waals surface area (Å²) in [5.41, 5.74) is 1.54. The summed E-state index contributed by atoms with van der Waals surface area (Å²) in [5.74, 6) is -3.66. The second-order valence-corrected chi connectivity index (χ2v) is 9.01. The highest BCUT2D eigenvalue weighted by Gasteiger charge is 2.16. The van der Waals surface area contributed by atoms with Gasteiger partial charge in [0.15, 0.2) is 5.82 Å². The summed E-state index contributed by atoms with van der Waals surface area (Å²) in [4.78, 5) is 47.2. The lowest BCUT2D eigenvalue weighted by Gasteiger charge is -2.11. The summed E-state index contributed by atoms with van der Waals surface area (Å²) in [6, 6.07) is 20.0. The number of rotatable bonds is 12. The number of aliphatic hydroxyl groups excluding tert-OH is 1. The van der Waals surface area contributed by atoms with Gasteiger partial charge >= 0.3 is 17.9 Å². The first-order chi connectivity index (χ1) is 21.0. The molecule has 1 heterocycles. The number of benzene rings is 3. The van der Waals surface area contributed by atoms with Crippen molar-refractivity contribution < 1.29 is 39.5 Å². The molecule has 0 unspecified atom stereocenters. The van der Waals surface area contributed by atoms with Crippen LogP contribution < -0.4 is 15.4 Å². The van der Waals surface area contributed by atoms with Gasteiger partial charge < -0.3 is 35.8 Å². The third-order valence-electron chi connectivity index (χ3n) is 5.94. The van der Waals surface area contributed by atoms with Crippen LogP contribution >= 0.6 is 0 Å². The van der Waals surface area contributed by atoms with Crippen LogP contribution in [0.15, 0.2) is 96.3 Å². The first-order valence-corrected chi connectivity index (χ1v) is 12.7. The number of hydrogen-bond donors (Lipinski definition) is 6. The third kappa shape index (κ3) is 7.82. The van der Waals surface area contributed by atoms with E-state index in [1.54, 1.807) is 67.8 Å². The number of nitrogens with one attached hydrogen (secondary N) is 2. The van der Waals surface area contributed by atoms with E-state index in [0.717, 1.165) is 6.08 Å². The van der Waals surface area contributed by atoms with Crippen molar-refractivity contribution in [3.63, 3.8) is 0 Å². The lowest BCUT2D eigenvalue weighted by atomic mass is 10.1. The quantitative estimate of drug-likeness (QED) is 0.0414. The van der Waals surface area contributed by atoms with Crippen LogP contribution in [-0.2, 0) is 14.4 Å². The number of anilines is 4. The Labute approximate surface area is 250 Å². The van der Waals surface area contributed by atoms with E-state index in [0.29, 0.717) is 39.6 Å². The Kier molecular flexibility index (Phi) is 9.30. The monoisotopic (exact) mass is 595 g/mol. The molecule has 44 heavy (non-hydrogen) atoms. The number of ether oxygens (including phenoxy) is 1. The Morgan fingerprint density at radius 2 is 1.09 bits per heavy atom. The maximum atomic E-state index is 11.3. The van der Waals surface area contributed by atoms with Gasteiger partial charge in [-0.3, -0.25) is 0 Å². The number of hydrogen-bond acceptors (Lipinski definition) is 10. The Morgan fingerprint density at radius 3 is 1.48 bits per heavy atom. The standard InChI is InChI=1S/C31H25N5O8/c1-17(37)24(27(38)39)15-18-3-9-21(10-4-18)32-30-34-26(20-7-13-23(44-2)14-8-20)35-31(36-30)33-22-11-5-19(6-12-22)16-25(28(40)41)29(42)43/h3-16,37H,1H2,2H3,(H,38,39)(H,40,41)(H,42,43)(H2,32,33,34,35,36)/b24-15-. The number of carboxylic acid groups (broad SMARTS) is 3. The van der Waals surface area contributed by atoms with Crippen LogP contribution in [0.3, 0.4) is 0 Å². The summed E-state index contributed by atoms with van der Waals surface area (Å²) >= 11 is 0. The van der Waals surface area contributed by atoms with Crippen molar-refractivity contribution in [3.8, 4) is 17.1 Å². The molecule has 0 spiro atoms. The molecule has 13 nitrogen and oxygen atoms in total. The molecule has 0 aliphatic heterocycles. The molecule has 0 saturated heterocycles. The zero-order valence-electron chi connectivity index (χ0n) is 23.1. The highest BCUT2D eigenvalue weighted by molar-refractivity contribution is 6.16. The van der Waals surface area contributed by atoms with Crippen LogP contribution in [0.4, 0.5) is 23.3 Å². The van der Waals surface area contributed by atoms with Gasteiger partial charge in [0, 0.05) is 16.9 Å². The number of carboxylic acids is 3. The van der Waals surface area contributed by atoms with Crippen LogP contribution in [0.1, 0.15) is 11.1 Å². The molecular weight excluding hydrogens is 570 g/mol. The molecule has 0 aliphatic rings. The second kappa shape index (κ2) is 13.4. The molecule has 0 fully saturated rings. The molecule has 4 aromatic rings. The number of aliphatic carboxylic acids is 3. The van der Waals surface area contributed by atoms with Crippen LogP contribution in [0.25, 0.3) is 23.5 Å². The van der Waals surface area contributed by atoms with Crippen molar-refractivity contribution in [2.75, 3.05) is 17.7 Å². The van der Waals surface area contributed by atoms with E-state index in [1.807, 2.05) is 0 Å². The first kappa shape index (κ1) is 30.5. The van der Waals surface area contributed by atoms with Gasteiger partial charge in [0.25, 0.3) is 0 Å². The lowest BCUT2D eigenvalue weighted by molar-refractivity contribution is -0.140. The highest BCUT2D eigenvalue weighted by Crippen LogP contribution is 2.25. The van der Waals surface area contributed by atoms with Crippen molar-refractivity contribution in [3.05, 3.63) is 107 Å². The predicted octanol–water partition coefficient (Wildman–Crippen LogP) is 5.13. The van der Waals surface area contributed by atoms with Crippen molar-refractivity contribution in [1.82, 2.24) is 15.0 Å². The molecule has 0 bridgehead atoms. The normalized spacial score (nSPS) is 10.8. The molecule has 222 valence electrons. The fourth-order valence-corrected chi connectivity index (χ4v) is 3.76. The van der Waals surface area contributed by atoms with E-state index in [-0.39, 0.29) is 17.5 Å². The van der Waals surface area contributed by atoms with Crippen LogP contribution in [0, 0.1) is 0 Å². The van der Waals surface area contributed by atoms with Gasteiger partial charge in [0.1, 0.15) is 22.7 Å². The van der Waals surface area contributed by atoms with Gasteiger partial charge in [-0.2, -0.15) is 15.0 Å². The minimum atomic E-state index is -1.55. The average Bonchev–Trinajstić information content (AvgIpc) is 2.99. The van der Waals surface area contributed by atoms with E-state index in [4.69, 9.17) is 14.9 Å². The number of aromatic nitrogens is 3. The van der Waals surface area contributed by atoms with E-state index in [2.05, 4.69) is 32.2 Å². The van der Waals surface area contributed by atoms with Crippen LogP contribution in [0.5, 0.6) is 5.75 Å². The molecule has 0 radical (unpaired) electrons. The number of carbonyl (C=O) groups is 3. The predicted molar refractivity (Wildman–Crippen MR) is 162 cm³/mol. The number of methoxy groups -OCH3 is 1. The number of aliphatic hydroxyl groups is 1. The van der Waals surface area contributed by atoms with Gasteiger partial charge in [0.05, 0.1) is 7.11 Å². The van der Waals surface area contributed by atoms with Gasteiger partial charge in [-0.15, -0.1) is 0 Å². The molecule has 0 atom stereocenters. The molecule has 4 rings (SSSR count). The second-order valence-electron chi connectivity index (χ2n) is 9.01. The largest absolute Gasteiger partial charge is 0.508 e. The van der Waals surface area contributed by atoms with Crippen molar-refractivity contribution in [1.29, 1.82) is 0 Å². The van der Waals surface area contributed by atoms with Crippen LogP contribution in [0.2, 0.25) is 0 Å². The van der Waals surface area contributed by atoms with E-state index < -0.39 is 29.2 Å². The zero-order chi connectivity index (χ0) is 31.8. The van der Waals surface area contributed by atoms with Crippen LogP contribution in [-0.4, -0.2) is 60.4 Å². The summed E-state index contributed by atoms with van der Waals surface area (Å²) in [5, 5.41) is 43.1. The Bertz CT molecular complexity index is 1640.